The highest BCUT2D eigenvalue weighted by atomic mass is 16.6. The molecule has 0 bridgehead atoms. The largest absolute Gasteiger partial charge is 0.462 e. The zero-order chi connectivity index (χ0) is 19.4. The maximum atomic E-state index is 12.7. The van der Waals surface area contributed by atoms with Gasteiger partial charge in [-0.3, -0.25) is 4.79 Å². The summed E-state index contributed by atoms with van der Waals surface area (Å²) in [6.45, 7) is 5.97. The standard InChI is InChI=1S/C20H25NO5/c1-4-7-13-21(15-16-11-9-8-10-12-16)18(22)14-17(19(23)25-5-2)20(24)26-6-3/h4,7-12,14H,5-6,13,15H2,1-3H3/b7-4+. The predicted octanol–water partition coefficient (Wildman–Crippen LogP) is 2.64. The normalized spacial score (nSPS) is 10.3. The van der Waals surface area contributed by atoms with Gasteiger partial charge in [0.15, 0.2) is 0 Å². The van der Waals surface area contributed by atoms with Gasteiger partial charge in [-0.1, -0.05) is 42.5 Å². The average molecular weight is 359 g/mol. The first-order valence-corrected chi connectivity index (χ1v) is 8.53. The zero-order valence-electron chi connectivity index (χ0n) is 15.4. The number of rotatable bonds is 9. The Morgan fingerprint density at radius 3 is 2.08 bits per heavy atom. The van der Waals surface area contributed by atoms with Crippen molar-refractivity contribution in [3.05, 3.63) is 59.7 Å². The molecule has 0 unspecified atom stereocenters. The molecule has 6 nitrogen and oxygen atoms in total. The van der Waals surface area contributed by atoms with Crippen molar-refractivity contribution >= 4 is 17.8 Å². The average Bonchev–Trinajstić information content (AvgIpc) is 2.64. The molecule has 1 aromatic carbocycles. The second kappa shape index (κ2) is 11.6. The zero-order valence-corrected chi connectivity index (χ0v) is 15.4. The summed E-state index contributed by atoms with van der Waals surface area (Å²) in [4.78, 5) is 38.2. The van der Waals surface area contributed by atoms with Gasteiger partial charge < -0.3 is 14.4 Å². The van der Waals surface area contributed by atoms with E-state index in [-0.39, 0.29) is 13.2 Å². The van der Waals surface area contributed by atoms with Crippen LogP contribution in [-0.4, -0.2) is 42.5 Å². The smallest absolute Gasteiger partial charge is 0.345 e. The van der Waals surface area contributed by atoms with Crippen LogP contribution in [0.3, 0.4) is 0 Å². The van der Waals surface area contributed by atoms with E-state index in [0.29, 0.717) is 13.1 Å². The first-order valence-electron chi connectivity index (χ1n) is 8.53. The maximum absolute atomic E-state index is 12.7. The van der Waals surface area contributed by atoms with Crippen molar-refractivity contribution in [3.8, 4) is 0 Å². The number of hydrogen-bond acceptors (Lipinski definition) is 5. The van der Waals surface area contributed by atoms with Gasteiger partial charge in [0.25, 0.3) is 0 Å². The maximum Gasteiger partial charge on any atom is 0.345 e. The SMILES string of the molecule is C/C=C/CN(Cc1ccccc1)C(=O)C=C(C(=O)OCC)C(=O)OCC. The number of ether oxygens (including phenoxy) is 2. The van der Waals surface area contributed by atoms with Gasteiger partial charge in [-0.05, 0) is 26.3 Å². The van der Waals surface area contributed by atoms with Crippen LogP contribution in [0.1, 0.15) is 26.3 Å². The highest BCUT2D eigenvalue weighted by Crippen LogP contribution is 2.09. The van der Waals surface area contributed by atoms with Crippen molar-refractivity contribution in [1.29, 1.82) is 0 Å². The molecule has 0 aliphatic rings. The minimum absolute atomic E-state index is 0.0933. The molecule has 0 fully saturated rings. The summed E-state index contributed by atoms with van der Waals surface area (Å²) in [5.74, 6) is -2.21. The van der Waals surface area contributed by atoms with Crippen molar-refractivity contribution in [2.75, 3.05) is 19.8 Å². The first kappa shape index (κ1) is 21.2. The molecule has 0 radical (unpaired) electrons. The number of nitrogens with zero attached hydrogens (tertiary/aromatic N) is 1. The topological polar surface area (TPSA) is 72.9 Å². The fraction of sp³-hybridized carbons (Fsp3) is 0.350. The lowest BCUT2D eigenvalue weighted by atomic mass is 10.2. The van der Waals surface area contributed by atoms with Crippen molar-refractivity contribution in [2.24, 2.45) is 0 Å². The fourth-order valence-electron chi connectivity index (χ4n) is 2.10. The summed E-state index contributed by atoms with van der Waals surface area (Å²) >= 11 is 0. The minimum atomic E-state index is -0.870. The number of carbonyl (C=O) groups is 3. The second-order valence-electron chi connectivity index (χ2n) is 5.27. The summed E-state index contributed by atoms with van der Waals surface area (Å²) in [5, 5.41) is 0. The monoisotopic (exact) mass is 359 g/mol. The number of hydrogen-bond donors (Lipinski definition) is 0. The van der Waals surface area contributed by atoms with Crippen molar-refractivity contribution < 1.29 is 23.9 Å². The van der Waals surface area contributed by atoms with E-state index in [2.05, 4.69) is 0 Å². The Hall–Kier alpha value is -2.89. The molecule has 0 spiro atoms. The molecule has 1 amide bonds. The van der Waals surface area contributed by atoms with Gasteiger partial charge in [0.1, 0.15) is 5.57 Å². The first-order chi connectivity index (χ1) is 12.5. The Bertz CT molecular complexity index is 644. The third kappa shape index (κ3) is 6.93. The van der Waals surface area contributed by atoms with Crippen LogP contribution in [0.2, 0.25) is 0 Å². The third-order valence-corrected chi connectivity index (χ3v) is 3.35. The lowest BCUT2D eigenvalue weighted by Gasteiger charge is -2.20. The summed E-state index contributed by atoms with van der Waals surface area (Å²) in [6.07, 6.45) is 4.64. The Labute approximate surface area is 154 Å². The van der Waals surface area contributed by atoms with E-state index in [0.717, 1.165) is 11.6 Å². The van der Waals surface area contributed by atoms with E-state index in [9.17, 15) is 14.4 Å². The van der Waals surface area contributed by atoms with Gasteiger partial charge in [-0.2, -0.15) is 0 Å². The van der Waals surface area contributed by atoms with Crippen LogP contribution in [0, 0.1) is 0 Å². The van der Waals surface area contributed by atoms with E-state index in [1.165, 1.54) is 4.90 Å². The minimum Gasteiger partial charge on any atom is -0.462 e. The molecule has 0 N–H and O–H groups in total. The molecule has 26 heavy (non-hydrogen) atoms. The van der Waals surface area contributed by atoms with Gasteiger partial charge in [-0.15, -0.1) is 0 Å². The van der Waals surface area contributed by atoms with E-state index in [1.807, 2.05) is 49.4 Å². The molecular formula is C20H25NO5. The number of allylic oxidation sites excluding steroid dienone is 1. The van der Waals surface area contributed by atoms with Crippen LogP contribution < -0.4 is 0 Å². The van der Waals surface area contributed by atoms with E-state index in [1.54, 1.807) is 13.8 Å². The van der Waals surface area contributed by atoms with Crippen LogP contribution in [0.5, 0.6) is 0 Å². The molecule has 0 aromatic heterocycles. The van der Waals surface area contributed by atoms with Crippen LogP contribution in [-0.2, 0) is 30.4 Å². The number of carbonyl (C=O) groups excluding carboxylic acids is 3. The molecule has 0 aliphatic carbocycles. The highest BCUT2D eigenvalue weighted by Gasteiger charge is 2.24. The Balaban J connectivity index is 3.08. The number of amides is 1. The van der Waals surface area contributed by atoms with Crippen molar-refractivity contribution in [1.82, 2.24) is 4.90 Å². The predicted molar refractivity (Wildman–Crippen MR) is 98.0 cm³/mol. The van der Waals surface area contributed by atoms with Gasteiger partial charge in [0.05, 0.1) is 13.2 Å². The van der Waals surface area contributed by atoms with Gasteiger partial charge >= 0.3 is 11.9 Å². The molecule has 0 saturated carbocycles. The van der Waals surface area contributed by atoms with Crippen molar-refractivity contribution in [2.45, 2.75) is 27.3 Å². The van der Waals surface area contributed by atoms with Crippen LogP contribution in [0.15, 0.2) is 54.1 Å². The third-order valence-electron chi connectivity index (χ3n) is 3.35. The highest BCUT2D eigenvalue weighted by molar-refractivity contribution is 6.17. The van der Waals surface area contributed by atoms with Crippen LogP contribution in [0.4, 0.5) is 0 Å². The van der Waals surface area contributed by atoms with E-state index < -0.39 is 23.4 Å². The van der Waals surface area contributed by atoms with Crippen molar-refractivity contribution in [3.63, 3.8) is 0 Å². The lowest BCUT2D eigenvalue weighted by Crippen LogP contribution is -2.31. The van der Waals surface area contributed by atoms with Crippen LogP contribution in [0.25, 0.3) is 0 Å². The molecule has 140 valence electrons. The van der Waals surface area contributed by atoms with Gasteiger partial charge in [0, 0.05) is 19.2 Å². The van der Waals surface area contributed by atoms with Crippen LogP contribution >= 0.6 is 0 Å². The summed E-state index contributed by atoms with van der Waals surface area (Å²) < 4.78 is 9.72. The number of benzene rings is 1. The second-order valence-corrected chi connectivity index (χ2v) is 5.27. The van der Waals surface area contributed by atoms with E-state index in [4.69, 9.17) is 9.47 Å². The summed E-state index contributed by atoms with van der Waals surface area (Å²) in [6, 6.07) is 9.45. The number of esters is 2. The molecule has 0 heterocycles. The molecule has 1 aromatic rings. The summed E-state index contributed by atoms with van der Waals surface area (Å²) in [5.41, 5.74) is 0.532. The molecule has 0 aliphatic heterocycles. The van der Waals surface area contributed by atoms with Gasteiger partial charge in [-0.25, -0.2) is 9.59 Å². The van der Waals surface area contributed by atoms with E-state index >= 15 is 0 Å². The summed E-state index contributed by atoms with van der Waals surface area (Å²) in [7, 11) is 0. The fourth-order valence-corrected chi connectivity index (χ4v) is 2.10. The Kier molecular flexibility index (Phi) is 9.46. The Morgan fingerprint density at radius 1 is 1.00 bits per heavy atom. The quantitative estimate of drug-likeness (QED) is 0.223. The lowest BCUT2D eigenvalue weighted by molar-refractivity contribution is -0.147. The molecule has 0 atom stereocenters. The molecule has 6 heteroatoms. The Morgan fingerprint density at radius 2 is 1.58 bits per heavy atom. The molecule has 1 rings (SSSR count). The molecule has 0 saturated heterocycles. The molecular weight excluding hydrogens is 334 g/mol. The van der Waals surface area contributed by atoms with Gasteiger partial charge in [0.2, 0.25) is 5.91 Å².